The fourth-order valence-corrected chi connectivity index (χ4v) is 4.34. The quantitative estimate of drug-likeness (QED) is 0.307. The minimum Gasteiger partial charge on any atom is -0.508 e. The highest BCUT2D eigenvalue weighted by molar-refractivity contribution is 5.69. The van der Waals surface area contributed by atoms with E-state index in [1.807, 2.05) is 0 Å². The molecule has 0 spiro atoms. The van der Waals surface area contributed by atoms with Gasteiger partial charge in [0.15, 0.2) is 24.7 Å². The lowest BCUT2D eigenvalue weighted by atomic mass is 10.1. The predicted molar refractivity (Wildman–Crippen MR) is 112 cm³/mol. The Morgan fingerprint density at radius 1 is 0.969 bits per heavy atom. The lowest BCUT2D eigenvalue weighted by molar-refractivity contribution is -0.139. The zero-order valence-corrected chi connectivity index (χ0v) is 17.3. The van der Waals surface area contributed by atoms with Crippen molar-refractivity contribution in [3.63, 3.8) is 0 Å². The molecule has 4 rings (SSSR count). The summed E-state index contributed by atoms with van der Waals surface area (Å²) >= 11 is 0. The zero-order valence-electron chi connectivity index (χ0n) is 17.3. The smallest absolute Gasteiger partial charge is 0.341 e. The van der Waals surface area contributed by atoms with Gasteiger partial charge >= 0.3 is 5.97 Å². The summed E-state index contributed by atoms with van der Waals surface area (Å²) in [5.41, 5.74) is 15.0. The second-order valence-corrected chi connectivity index (χ2v) is 8.16. The number of carboxylic acids is 1. The van der Waals surface area contributed by atoms with Crippen LogP contribution in [0.5, 0.6) is 28.7 Å². The van der Waals surface area contributed by atoms with E-state index in [1.54, 1.807) is 6.07 Å². The summed E-state index contributed by atoms with van der Waals surface area (Å²) in [6.45, 7) is -0.839. The van der Waals surface area contributed by atoms with Gasteiger partial charge in [-0.3, -0.25) is 0 Å². The molecule has 2 aromatic rings. The molecule has 10 heteroatoms. The molecule has 2 aromatic carbocycles. The Balaban J connectivity index is 1.49. The number of benzene rings is 2. The second kappa shape index (κ2) is 8.73. The third-order valence-electron chi connectivity index (χ3n) is 5.59. The third kappa shape index (κ3) is 4.52. The first kappa shape index (κ1) is 22.0. The van der Waals surface area contributed by atoms with Crippen LogP contribution < -0.4 is 25.7 Å². The molecule has 172 valence electrons. The van der Waals surface area contributed by atoms with Gasteiger partial charge in [-0.05, 0) is 42.9 Å². The number of phenolic OH excluding ortho intramolecular Hbond substituents is 2. The summed E-state index contributed by atoms with van der Waals surface area (Å²) in [5.74, 6) is -0.720. The molecular formula is C22H26N2O8. The number of ether oxygens (including phenoxy) is 3. The molecule has 3 unspecified atom stereocenters. The van der Waals surface area contributed by atoms with Crippen LogP contribution >= 0.6 is 0 Å². The van der Waals surface area contributed by atoms with Crippen LogP contribution in [0.2, 0.25) is 0 Å². The lowest BCUT2D eigenvalue weighted by Crippen LogP contribution is -2.25. The molecular weight excluding hydrogens is 420 g/mol. The second-order valence-electron chi connectivity index (χ2n) is 8.16. The van der Waals surface area contributed by atoms with E-state index in [2.05, 4.69) is 0 Å². The third-order valence-corrected chi connectivity index (χ3v) is 5.59. The van der Waals surface area contributed by atoms with Gasteiger partial charge in [0.1, 0.15) is 17.2 Å². The maximum absolute atomic E-state index is 10.8. The van der Waals surface area contributed by atoms with Gasteiger partial charge in [0, 0.05) is 35.3 Å². The summed E-state index contributed by atoms with van der Waals surface area (Å²) in [6, 6.07) is 4.09. The van der Waals surface area contributed by atoms with Crippen molar-refractivity contribution < 1.29 is 39.4 Å². The van der Waals surface area contributed by atoms with Crippen molar-refractivity contribution >= 4 is 5.97 Å². The molecule has 0 radical (unpaired) electrons. The normalized spacial score (nSPS) is 19.8. The van der Waals surface area contributed by atoms with Gasteiger partial charge < -0.3 is 46.1 Å². The topological polar surface area (TPSA) is 178 Å². The SMILES string of the molecule is NC1Cc2cc(O)cc(OCC(O)Oc3cc(O)c(OCC(=O)O)c4c3CC(N)C4)c2C1. The van der Waals surface area contributed by atoms with Gasteiger partial charge in [-0.1, -0.05) is 0 Å². The number of rotatable bonds is 8. The number of aliphatic carboxylic acids is 1. The Bertz CT molecular complexity index is 1040. The minimum absolute atomic E-state index is 0.0491. The Kier molecular flexibility index (Phi) is 6.00. The molecule has 0 saturated heterocycles. The van der Waals surface area contributed by atoms with Crippen LogP contribution in [0.3, 0.4) is 0 Å². The maximum Gasteiger partial charge on any atom is 0.341 e. The van der Waals surface area contributed by atoms with Gasteiger partial charge in [-0.15, -0.1) is 0 Å². The number of hydrogen-bond acceptors (Lipinski definition) is 9. The van der Waals surface area contributed by atoms with Gasteiger partial charge in [-0.25, -0.2) is 4.79 Å². The summed E-state index contributed by atoms with van der Waals surface area (Å²) in [5, 5.41) is 39.5. The first-order valence-electron chi connectivity index (χ1n) is 10.3. The van der Waals surface area contributed by atoms with Crippen LogP contribution in [0.25, 0.3) is 0 Å². The highest BCUT2D eigenvalue weighted by atomic mass is 16.6. The summed E-state index contributed by atoms with van der Waals surface area (Å²) in [7, 11) is 0. The average Bonchev–Trinajstić information content (AvgIpc) is 3.27. The van der Waals surface area contributed by atoms with Crippen LogP contribution in [-0.2, 0) is 30.5 Å². The molecule has 0 aliphatic heterocycles. The lowest BCUT2D eigenvalue weighted by Gasteiger charge is -2.20. The van der Waals surface area contributed by atoms with Crippen molar-refractivity contribution in [3.05, 3.63) is 40.5 Å². The average molecular weight is 446 g/mol. The fourth-order valence-electron chi connectivity index (χ4n) is 4.34. The summed E-state index contributed by atoms with van der Waals surface area (Å²) in [6.07, 6.45) is 0.659. The Morgan fingerprint density at radius 2 is 1.66 bits per heavy atom. The monoisotopic (exact) mass is 446 g/mol. The molecule has 8 N–H and O–H groups in total. The van der Waals surface area contributed by atoms with E-state index in [9.17, 15) is 20.1 Å². The summed E-state index contributed by atoms with van der Waals surface area (Å²) in [4.78, 5) is 10.8. The molecule has 3 atom stereocenters. The Labute approximate surface area is 183 Å². The van der Waals surface area contributed by atoms with Crippen molar-refractivity contribution in [2.75, 3.05) is 13.2 Å². The van der Waals surface area contributed by atoms with Crippen molar-refractivity contribution in [2.45, 2.75) is 44.1 Å². The van der Waals surface area contributed by atoms with E-state index in [0.717, 1.165) is 11.1 Å². The van der Waals surface area contributed by atoms with Crippen molar-refractivity contribution in [2.24, 2.45) is 11.5 Å². The van der Waals surface area contributed by atoms with Gasteiger partial charge in [0.2, 0.25) is 6.29 Å². The number of aliphatic hydroxyl groups is 1. The Morgan fingerprint density at radius 3 is 2.41 bits per heavy atom. The number of nitrogens with two attached hydrogens (primary N) is 2. The molecule has 10 nitrogen and oxygen atoms in total. The predicted octanol–water partition coefficient (Wildman–Crippen LogP) is 0.189. The van der Waals surface area contributed by atoms with Gasteiger partial charge in [0.25, 0.3) is 0 Å². The molecule has 0 aromatic heterocycles. The number of carboxylic acid groups (broad SMARTS) is 1. The minimum atomic E-state index is -1.38. The van der Waals surface area contributed by atoms with Crippen LogP contribution in [0.1, 0.15) is 22.3 Å². The Hall–Kier alpha value is -3.21. The largest absolute Gasteiger partial charge is 0.508 e. The number of fused-ring (bicyclic) bond motifs is 2. The van der Waals surface area contributed by atoms with E-state index in [1.165, 1.54) is 12.1 Å². The van der Waals surface area contributed by atoms with E-state index < -0.39 is 18.9 Å². The number of hydrogen-bond donors (Lipinski definition) is 6. The number of aliphatic hydroxyl groups excluding tert-OH is 1. The van der Waals surface area contributed by atoms with Crippen LogP contribution in [0.4, 0.5) is 0 Å². The standard InChI is InChI=1S/C22H26N2O8/c23-11-1-10-2-13(25)6-18(14(10)3-11)30-9-21(29)32-19-7-17(26)22(31-8-20(27)28)16-5-12(24)4-15(16)19/h2,6-7,11-12,21,25-26,29H,1,3-5,8-9,23-24H2,(H,27,28). The van der Waals surface area contributed by atoms with E-state index in [4.69, 9.17) is 30.8 Å². The van der Waals surface area contributed by atoms with E-state index in [-0.39, 0.29) is 41.7 Å². The maximum atomic E-state index is 10.8. The zero-order chi connectivity index (χ0) is 23.0. The molecule has 0 fully saturated rings. The highest BCUT2D eigenvalue weighted by Gasteiger charge is 2.30. The van der Waals surface area contributed by atoms with E-state index >= 15 is 0 Å². The first-order valence-corrected chi connectivity index (χ1v) is 10.3. The van der Waals surface area contributed by atoms with Gasteiger partial charge in [0.05, 0.1) is 0 Å². The van der Waals surface area contributed by atoms with Gasteiger partial charge in [-0.2, -0.15) is 0 Å². The summed E-state index contributed by atoms with van der Waals surface area (Å²) < 4.78 is 16.6. The molecule has 0 saturated carbocycles. The molecule has 2 aliphatic rings. The molecule has 32 heavy (non-hydrogen) atoms. The molecule has 0 bridgehead atoms. The number of aromatic hydroxyl groups is 2. The first-order chi connectivity index (χ1) is 15.2. The highest BCUT2D eigenvalue weighted by Crippen LogP contribution is 2.43. The van der Waals surface area contributed by atoms with Crippen molar-refractivity contribution in [1.82, 2.24) is 0 Å². The molecule has 0 heterocycles. The molecule has 2 aliphatic carbocycles. The molecule has 0 amide bonds. The van der Waals surface area contributed by atoms with Crippen LogP contribution in [0.15, 0.2) is 18.2 Å². The number of carbonyl (C=O) groups is 1. The van der Waals surface area contributed by atoms with Crippen molar-refractivity contribution in [3.8, 4) is 28.7 Å². The van der Waals surface area contributed by atoms with E-state index in [0.29, 0.717) is 42.6 Å². The number of phenols is 2. The van der Waals surface area contributed by atoms with Crippen LogP contribution in [-0.4, -0.2) is 58.0 Å². The fraction of sp³-hybridized carbons (Fsp3) is 0.409. The van der Waals surface area contributed by atoms with Crippen molar-refractivity contribution in [1.29, 1.82) is 0 Å². The van der Waals surface area contributed by atoms with Crippen LogP contribution in [0, 0.1) is 0 Å².